The highest BCUT2D eigenvalue weighted by molar-refractivity contribution is 7.90. The highest BCUT2D eigenvalue weighted by atomic mass is 32.2. The van der Waals surface area contributed by atoms with Crippen LogP contribution in [0.4, 0.5) is 10.6 Å². The van der Waals surface area contributed by atoms with E-state index in [-0.39, 0.29) is 29.4 Å². The number of hydrogen-bond acceptors (Lipinski definition) is 8. The molecule has 1 aliphatic rings. The van der Waals surface area contributed by atoms with E-state index in [0.29, 0.717) is 49.7 Å². The molecule has 3 atom stereocenters. The van der Waals surface area contributed by atoms with Gasteiger partial charge in [0.25, 0.3) is 0 Å². The molecule has 0 aliphatic carbocycles. The molecule has 258 valence electrons. The number of benzene rings is 3. The third-order valence-corrected chi connectivity index (χ3v) is 9.48. The van der Waals surface area contributed by atoms with Crippen molar-refractivity contribution in [2.45, 2.75) is 48.3 Å². The molecule has 12 nitrogen and oxygen atoms in total. The lowest BCUT2D eigenvalue weighted by molar-refractivity contribution is -0.118. The topological polar surface area (TPSA) is 172 Å². The van der Waals surface area contributed by atoms with Crippen LogP contribution in [0.2, 0.25) is 0 Å². The van der Waals surface area contributed by atoms with Crippen molar-refractivity contribution < 1.29 is 32.6 Å². The van der Waals surface area contributed by atoms with Crippen molar-refractivity contribution in [3.05, 3.63) is 120 Å². The number of rotatable bonds is 15. The van der Waals surface area contributed by atoms with Crippen LogP contribution in [0.15, 0.2) is 108 Å². The van der Waals surface area contributed by atoms with E-state index in [4.69, 9.17) is 9.47 Å². The summed E-state index contributed by atoms with van der Waals surface area (Å²) in [7, 11) is -3.27. The summed E-state index contributed by atoms with van der Waals surface area (Å²) in [5, 5.41) is 25.2. The second kappa shape index (κ2) is 16.4. The van der Waals surface area contributed by atoms with Gasteiger partial charge >= 0.3 is 6.09 Å². The molecular weight excluding hydrogens is 646 g/mol. The van der Waals surface area contributed by atoms with Crippen molar-refractivity contribution in [3.8, 4) is 5.75 Å². The minimum atomic E-state index is -3.27. The Morgan fingerprint density at radius 3 is 2.29 bits per heavy atom. The predicted molar refractivity (Wildman–Crippen MR) is 186 cm³/mol. The number of hydrogen-bond donors (Lipinski definition) is 5. The molecule has 3 aromatic carbocycles. The van der Waals surface area contributed by atoms with E-state index in [2.05, 4.69) is 32.7 Å². The third kappa shape index (κ3) is 10.0. The summed E-state index contributed by atoms with van der Waals surface area (Å²) >= 11 is 0. The Morgan fingerprint density at radius 2 is 1.67 bits per heavy atom. The van der Waals surface area contributed by atoms with Crippen LogP contribution in [0.1, 0.15) is 35.4 Å². The number of carbonyl (C=O) groups is 2. The zero-order chi connectivity index (χ0) is 34.8. The molecule has 1 fully saturated rings. The predicted octanol–water partition coefficient (Wildman–Crippen LogP) is 4.53. The summed E-state index contributed by atoms with van der Waals surface area (Å²) < 4.78 is 35.5. The standard InChI is InChI=1S/C36H41N5O7S/c1-24(33-23-37-22-29(48-33)17-18-47-28-13-15-30(16-14-28)49(2,45)46)19-27-21-38-41-34(27)40-35(42)32(39-36(43)44)20-31(25-9-5-3-6-10-25)26-11-7-4-8-12-26/h3-16,21,29,31-33,37,39H,1,17-20,22-23H2,2H3,(H,43,44)(H2,38,40,41,42). The van der Waals surface area contributed by atoms with Crippen molar-refractivity contribution in [2.24, 2.45) is 0 Å². The summed E-state index contributed by atoms with van der Waals surface area (Å²) in [6.45, 7) is 5.83. The molecule has 0 radical (unpaired) electrons. The molecule has 3 unspecified atom stereocenters. The van der Waals surface area contributed by atoms with E-state index >= 15 is 0 Å². The van der Waals surface area contributed by atoms with Gasteiger partial charge in [-0.1, -0.05) is 67.2 Å². The number of ether oxygens (including phenoxy) is 2. The Hall–Kier alpha value is -4.98. The van der Waals surface area contributed by atoms with Gasteiger partial charge in [-0.15, -0.1) is 0 Å². The van der Waals surface area contributed by atoms with E-state index in [9.17, 15) is 23.1 Å². The minimum absolute atomic E-state index is 0.139. The molecule has 0 spiro atoms. The monoisotopic (exact) mass is 687 g/mol. The van der Waals surface area contributed by atoms with Crippen LogP contribution in [0.5, 0.6) is 5.75 Å². The lowest BCUT2D eigenvalue weighted by Gasteiger charge is -2.32. The van der Waals surface area contributed by atoms with Gasteiger partial charge in [-0.2, -0.15) is 5.10 Å². The molecule has 1 saturated heterocycles. The smallest absolute Gasteiger partial charge is 0.405 e. The molecule has 2 amide bonds. The quantitative estimate of drug-likeness (QED) is 0.113. The highest BCUT2D eigenvalue weighted by Crippen LogP contribution is 2.30. The maximum atomic E-state index is 13.6. The van der Waals surface area contributed by atoms with E-state index in [1.165, 1.54) is 12.1 Å². The first-order valence-corrected chi connectivity index (χ1v) is 17.8. The van der Waals surface area contributed by atoms with Crippen LogP contribution < -0.4 is 20.7 Å². The number of amides is 2. The van der Waals surface area contributed by atoms with Gasteiger partial charge < -0.3 is 30.5 Å². The Labute approximate surface area is 285 Å². The number of aromatic amines is 1. The fraction of sp³-hybridized carbons (Fsp3) is 0.306. The van der Waals surface area contributed by atoms with E-state index < -0.39 is 27.9 Å². The van der Waals surface area contributed by atoms with Gasteiger partial charge in [0, 0.05) is 43.7 Å². The average molecular weight is 688 g/mol. The van der Waals surface area contributed by atoms with E-state index in [1.807, 2.05) is 60.7 Å². The lowest BCUT2D eigenvalue weighted by Crippen LogP contribution is -2.46. The summed E-state index contributed by atoms with van der Waals surface area (Å²) in [4.78, 5) is 25.6. The molecule has 49 heavy (non-hydrogen) atoms. The van der Waals surface area contributed by atoms with Crippen molar-refractivity contribution in [1.29, 1.82) is 0 Å². The van der Waals surface area contributed by atoms with Gasteiger partial charge in [0.15, 0.2) is 9.84 Å². The first kappa shape index (κ1) is 35.3. The summed E-state index contributed by atoms with van der Waals surface area (Å²) in [5.41, 5.74) is 3.39. The number of H-pyrrole nitrogens is 1. The highest BCUT2D eigenvalue weighted by Gasteiger charge is 2.29. The molecule has 13 heteroatoms. The molecule has 5 rings (SSSR count). The summed E-state index contributed by atoms with van der Waals surface area (Å²) in [6.07, 6.45) is 2.18. The van der Waals surface area contributed by atoms with Crippen LogP contribution >= 0.6 is 0 Å². The normalized spacial score (nSPS) is 16.9. The van der Waals surface area contributed by atoms with Crippen LogP contribution in [0.3, 0.4) is 0 Å². The van der Waals surface area contributed by atoms with Gasteiger partial charge in [-0.25, -0.2) is 13.2 Å². The summed E-state index contributed by atoms with van der Waals surface area (Å²) in [6, 6.07) is 24.6. The van der Waals surface area contributed by atoms with Gasteiger partial charge in [0.2, 0.25) is 5.91 Å². The van der Waals surface area contributed by atoms with Crippen LogP contribution in [-0.4, -0.2) is 79.9 Å². The Balaban J connectivity index is 1.18. The molecular formula is C36H41N5O7S. The lowest BCUT2D eigenvalue weighted by atomic mass is 9.85. The number of nitrogens with one attached hydrogen (secondary N) is 4. The number of morpholine rings is 1. The zero-order valence-electron chi connectivity index (χ0n) is 27.2. The van der Waals surface area contributed by atoms with E-state index in [1.54, 1.807) is 18.3 Å². The molecule has 4 aromatic rings. The summed E-state index contributed by atoms with van der Waals surface area (Å²) in [5.74, 6) is 0.177. The van der Waals surface area contributed by atoms with E-state index in [0.717, 1.165) is 23.0 Å². The van der Waals surface area contributed by atoms with Gasteiger partial charge in [-0.05, 0) is 47.4 Å². The Morgan fingerprint density at radius 1 is 1.02 bits per heavy atom. The second-order valence-corrected chi connectivity index (χ2v) is 14.0. The van der Waals surface area contributed by atoms with Crippen molar-refractivity contribution in [1.82, 2.24) is 20.8 Å². The number of aromatic nitrogens is 2. The molecule has 0 saturated carbocycles. The molecule has 5 N–H and O–H groups in total. The van der Waals surface area contributed by atoms with Crippen molar-refractivity contribution >= 4 is 27.7 Å². The van der Waals surface area contributed by atoms with Crippen molar-refractivity contribution in [2.75, 3.05) is 31.3 Å². The van der Waals surface area contributed by atoms with Gasteiger partial charge in [0.05, 0.1) is 29.9 Å². The number of sulfone groups is 1. The number of nitrogens with zero attached hydrogens (tertiary/aromatic N) is 1. The van der Waals surface area contributed by atoms with Crippen molar-refractivity contribution in [3.63, 3.8) is 0 Å². The average Bonchev–Trinajstić information content (AvgIpc) is 3.53. The van der Waals surface area contributed by atoms with Gasteiger partial charge in [0.1, 0.15) is 17.6 Å². The molecule has 1 aromatic heterocycles. The largest absolute Gasteiger partial charge is 0.493 e. The fourth-order valence-corrected chi connectivity index (χ4v) is 6.41. The van der Waals surface area contributed by atoms with Crippen LogP contribution in [0.25, 0.3) is 0 Å². The molecule has 2 heterocycles. The fourth-order valence-electron chi connectivity index (χ4n) is 5.78. The Bertz CT molecular complexity index is 1780. The zero-order valence-corrected chi connectivity index (χ0v) is 28.0. The van der Waals surface area contributed by atoms with Gasteiger partial charge in [-0.3, -0.25) is 9.89 Å². The first-order chi connectivity index (χ1) is 23.6. The Kier molecular flexibility index (Phi) is 11.8. The second-order valence-electron chi connectivity index (χ2n) is 12.0. The maximum Gasteiger partial charge on any atom is 0.405 e. The maximum absolute atomic E-state index is 13.6. The van der Waals surface area contributed by atoms with Crippen LogP contribution in [-0.2, 0) is 25.8 Å². The van der Waals surface area contributed by atoms with Crippen LogP contribution in [0, 0.1) is 0 Å². The molecule has 0 bridgehead atoms. The third-order valence-electron chi connectivity index (χ3n) is 8.35. The SMILES string of the molecule is C=C(Cc1cn[nH]c1NC(=O)C(CC(c1ccccc1)c1ccccc1)NC(=O)O)C1CNCC(CCOc2ccc(S(C)(=O)=O)cc2)O1. The number of carboxylic acid groups (broad SMARTS) is 1. The number of carbonyl (C=O) groups excluding carboxylic acids is 1. The molecule has 1 aliphatic heterocycles. The minimum Gasteiger partial charge on any atom is -0.493 e. The number of anilines is 1. The first-order valence-electron chi connectivity index (χ1n) is 16.0.